The number of rotatable bonds is 1. The first-order chi connectivity index (χ1) is 4.74. The third kappa shape index (κ3) is 1.35. The molecule has 1 aliphatic heterocycles. The Bertz CT molecular complexity index is 165. The van der Waals surface area contributed by atoms with Gasteiger partial charge in [-0.05, 0) is 6.42 Å². The lowest BCUT2D eigenvalue weighted by atomic mass is 9.95. The molecule has 0 aliphatic carbocycles. The predicted octanol–water partition coefficient (Wildman–Crippen LogP) is 0.102. The van der Waals surface area contributed by atoms with Gasteiger partial charge in [-0.25, -0.2) is 0 Å². The average Bonchev–Trinajstić information content (AvgIpc) is 1.88. The first-order valence-corrected chi connectivity index (χ1v) is 3.53. The largest absolute Gasteiger partial charge is 0.355 e. The van der Waals surface area contributed by atoms with Crippen LogP contribution < -0.4 is 5.32 Å². The van der Waals surface area contributed by atoms with E-state index in [1.54, 1.807) is 0 Å². The van der Waals surface area contributed by atoms with Gasteiger partial charge < -0.3 is 5.32 Å². The topological polar surface area (TPSA) is 46.2 Å². The van der Waals surface area contributed by atoms with E-state index in [0.717, 1.165) is 6.42 Å². The Labute approximate surface area is 59.8 Å². The lowest BCUT2D eigenvalue weighted by molar-refractivity contribution is -0.133. The molecule has 1 unspecified atom stereocenters. The number of nitrogens with one attached hydrogen (secondary N) is 1. The van der Waals surface area contributed by atoms with Crippen LogP contribution in [0.1, 0.15) is 19.8 Å². The van der Waals surface area contributed by atoms with Gasteiger partial charge in [0.1, 0.15) is 5.78 Å². The molecule has 0 aromatic heterocycles. The number of Topliss-reactive ketones (excluding diaryl/α,β-unsaturated/α-hetero) is 1. The Morgan fingerprint density at radius 1 is 1.60 bits per heavy atom. The van der Waals surface area contributed by atoms with Crippen LogP contribution in [0.25, 0.3) is 0 Å². The van der Waals surface area contributed by atoms with Crippen LogP contribution >= 0.6 is 0 Å². The van der Waals surface area contributed by atoms with Crippen molar-refractivity contribution in [3.63, 3.8) is 0 Å². The highest BCUT2D eigenvalue weighted by Crippen LogP contribution is 2.09. The van der Waals surface area contributed by atoms with E-state index in [0.29, 0.717) is 6.54 Å². The minimum absolute atomic E-state index is 0.0673. The van der Waals surface area contributed by atoms with Crippen molar-refractivity contribution in [3.05, 3.63) is 0 Å². The zero-order valence-electron chi connectivity index (χ0n) is 6.02. The minimum atomic E-state index is -0.130. The SMILES string of the molecule is CCC1CNC(=O)CC1=O. The van der Waals surface area contributed by atoms with E-state index >= 15 is 0 Å². The third-order valence-corrected chi connectivity index (χ3v) is 1.83. The van der Waals surface area contributed by atoms with Crippen molar-refractivity contribution in [2.45, 2.75) is 19.8 Å². The first-order valence-electron chi connectivity index (χ1n) is 3.53. The molecule has 0 spiro atoms. The van der Waals surface area contributed by atoms with Crippen LogP contribution in [0.5, 0.6) is 0 Å². The van der Waals surface area contributed by atoms with Crippen LogP contribution in [-0.4, -0.2) is 18.2 Å². The average molecular weight is 141 g/mol. The van der Waals surface area contributed by atoms with E-state index in [4.69, 9.17) is 0 Å². The molecule has 1 fully saturated rings. The van der Waals surface area contributed by atoms with Crippen molar-refractivity contribution < 1.29 is 9.59 Å². The fourth-order valence-electron chi connectivity index (χ4n) is 1.09. The number of hydrogen-bond donors (Lipinski definition) is 1. The Morgan fingerprint density at radius 2 is 2.30 bits per heavy atom. The van der Waals surface area contributed by atoms with Gasteiger partial charge in [0.25, 0.3) is 0 Å². The van der Waals surface area contributed by atoms with E-state index in [1.807, 2.05) is 6.92 Å². The molecule has 1 rings (SSSR count). The van der Waals surface area contributed by atoms with Crippen molar-refractivity contribution in [3.8, 4) is 0 Å². The summed E-state index contributed by atoms with van der Waals surface area (Å²) in [5, 5.41) is 2.65. The Morgan fingerprint density at radius 3 is 2.80 bits per heavy atom. The summed E-state index contributed by atoms with van der Waals surface area (Å²) < 4.78 is 0. The molecule has 1 N–H and O–H groups in total. The highest BCUT2D eigenvalue weighted by molar-refractivity contribution is 6.01. The smallest absolute Gasteiger partial charge is 0.227 e. The Kier molecular flexibility index (Phi) is 2.04. The van der Waals surface area contributed by atoms with Gasteiger partial charge in [-0.1, -0.05) is 6.92 Å². The van der Waals surface area contributed by atoms with Gasteiger partial charge in [0.2, 0.25) is 5.91 Å². The lowest BCUT2D eigenvalue weighted by Gasteiger charge is -2.19. The maximum atomic E-state index is 11.0. The fraction of sp³-hybridized carbons (Fsp3) is 0.714. The summed E-state index contributed by atoms with van der Waals surface area (Å²) in [6.45, 7) is 2.49. The van der Waals surface area contributed by atoms with E-state index in [-0.39, 0.29) is 24.0 Å². The zero-order valence-corrected chi connectivity index (χ0v) is 6.02. The molecule has 0 aromatic carbocycles. The quantitative estimate of drug-likeness (QED) is 0.526. The highest BCUT2D eigenvalue weighted by Gasteiger charge is 2.24. The molecular formula is C7H11NO2. The van der Waals surface area contributed by atoms with E-state index in [1.165, 1.54) is 0 Å². The van der Waals surface area contributed by atoms with Crippen LogP contribution in [0, 0.1) is 5.92 Å². The van der Waals surface area contributed by atoms with Crippen LogP contribution in [0.3, 0.4) is 0 Å². The number of hydrogen-bond acceptors (Lipinski definition) is 2. The normalized spacial score (nSPS) is 26.3. The monoisotopic (exact) mass is 141 g/mol. The Hall–Kier alpha value is -0.860. The number of carbonyl (C=O) groups excluding carboxylic acids is 2. The summed E-state index contributed by atoms with van der Waals surface area (Å²) in [6, 6.07) is 0. The maximum Gasteiger partial charge on any atom is 0.227 e. The second kappa shape index (κ2) is 2.82. The standard InChI is InChI=1S/C7H11NO2/c1-2-5-4-8-7(10)3-6(5)9/h5H,2-4H2,1H3,(H,8,10). The second-order valence-electron chi connectivity index (χ2n) is 2.55. The highest BCUT2D eigenvalue weighted by atomic mass is 16.2. The van der Waals surface area contributed by atoms with Crippen LogP contribution in [0.4, 0.5) is 0 Å². The summed E-state index contributed by atoms with van der Waals surface area (Å²) in [4.78, 5) is 21.6. The summed E-state index contributed by atoms with van der Waals surface area (Å²) in [6.07, 6.45) is 0.914. The third-order valence-electron chi connectivity index (χ3n) is 1.83. The van der Waals surface area contributed by atoms with Crippen LogP contribution in [-0.2, 0) is 9.59 Å². The van der Waals surface area contributed by atoms with Gasteiger partial charge in [0, 0.05) is 12.5 Å². The molecule has 0 radical (unpaired) electrons. The molecule has 10 heavy (non-hydrogen) atoms. The van der Waals surface area contributed by atoms with E-state index in [9.17, 15) is 9.59 Å². The molecule has 1 amide bonds. The van der Waals surface area contributed by atoms with Gasteiger partial charge >= 0.3 is 0 Å². The molecular weight excluding hydrogens is 130 g/mol. The van der Waals surface area contributed by atoms with Crippen molar-refractivity contribution in [2.24, 2.45) is 5.92 Å². The van der Waals surface area contributed by atoms with Gasteiger partial charge in [-0.2, -0.15) is 0 Å². The van der Waals surface area contributed by atoms with E-state index in [2.05, 4.69) is 5.32 Å². The number of carbonyl (C=O) groups is 2. The molecule has 1 atom stereocenters. The molecule has 3 heteroatoms. The summed E-state index contributed by atoms with van der Waals surface area (Å²) in [5.74, 6) is 0.0265. The van der Waals surface area contributed by atoms with Gasteiger partial charge in [0.05, 0.1) is 6.42 Å². The van der Waals surface area contributed by atoms with Gasteiger partial charge in [-0.15, -0.1) is 0 Å². The summed E-state index contributed by atoms with van der Waals surface area (Å²) >= 11 is 0. The fourth-order valence-corrected chi connectivity index (χ4v) is 1.09. The first kappa shape index (κ1) is 7.25. The van der Waals surface area contributed by atoms with Crippen LogP contribution in [0.15, 0.2) is 0 Å². The lowest BCUT2D eigenvalue weighted by Crippen LogP contribution is -2.40. The molecule has 1 heterocycles. The second-order valence-corrected chi connectivity index (χ2v) is 2.55. The molecule has 0 aromatic rings. The maximum absolute atomic E-state index is 11.0. The molecule has 0 saturated carbocycles. The predicted molar refractivity (Wildman–Crippen MR) is 36.4 cm³/mol. The van der Waals surface area contributed by atoms with Gasteiger partial charge in [-0.3, -0.25) is 9.59 Å². The molecule has 0 bridgehead atoms. The summed E-state index contributed by atoms with van der Waals surface area (Å²) in [7, 11) is 0. The van der Waals surface area contributed by atoms with Crippen LogP contribution in [0.2, 0.25) is 0 Å². The summed E-state index contributed by atoms with van der Waals surface area (Å²) in [5.41, 5.74) is 0. The van der Waals surface area contributed by atoms with Crippen molar-refractivity contribution >= 4 is 11.7 Å². The van der Waals surface area contributed by atoms with Crippen molar-refractivity contribution in [2.75, 3.05) is 6.54 Å². The molecule has 1 aliphatic rings. The Balaban J connectivity index is 2.51. The van der Waals surface area contributed by atoms with Crippen molar-refractivity contribution in [1.29, 1.82) is 0 Å². The number of ketones is 1. The molecule has 1 saturated heterocycles. The molecule has 3 nitrogen and oxygen atoms in total. The van der Waals surface area contributed by atoms with Gasteiger partial charge in [0.15, 0.2) is 0 Å². The number of piperidine rings is 1. The number of amides is 1. The minimum Gasteiger partial charge on any atom is -0.355 e. The van der Waals surface area contributed by atoms with Crippen molar-refractivity contribution in [1.82, 2.24) is 5.32 Å². The molecule has 56 valence electrons. The zero-order chi connectivity index (χ0) is 7.56. The van der Waals surface area contributed by atoms with E-state index < -0.39 is 0 Å².